The van der Waals surface area contributed by atoms with Crippen LogP contribution >= 0.6 is 23.2 Å². The summed E-state index contributed by atoms with van der Waals surface area (Å²) in [6.45, 7) is 7.50. The van der Waals surface area contributed by atoms with E-state index >= 15 is 0 Å². The van der Waals surface area contributed by atoms with Crippen LogP contribution in [0.15, 0.2) is 36.7 Å². The first-order chi connectivity index (χ1) is 17.2. The number of methoxy groups -OCH3 is 2. The lowest BCUT2D eigenvalue weighted by Crippen LogP contribution is -2.33. The fourth-order valence-corrected chi connectivity index (χ4v) is 4.70. The molecule has 36 heavy (non-hydrogen) atoms. The van der Waals surface area contributed by atoms with Crippen molar-refractivity contribution >= 4 is 45.6 Å². The van der Waals surface area contributed by atoms with E-state index in [1.165, 1.54) is 0 Å². The molecule has 0 aliphatic rings. The van der Waals surface area contributed by atoms with Crippen molar-refractivity contribution in [3.05, 3.63) is 52.4 Å². The van der Waals surface area contributed by atoms with E-state index in [2.05, 4.69) is 29.2 Å². The molecular formula is C26H30Cl2N6O2. The van der Waals surface area contributed by atoms with E-state index in [0.717, 1.165) is 33.7 Å². The minimum atomic E-state index is 0.324. The van der Waals surface area contributed by atoms with Crippen molar-refractivity contribution in [1.82, 2.24) is 25.1 Å². The van der Waals surface area contributed by atoms with E-state index in [1.54, 1.807) is 32.7 Å². The van der Waals surface area contributed by atoms with Gasteiger partial charge in [0.2, 0.25) is 0 Å². The summed E-state index contributed by atoms with van der Waals surface area (Å²) < 4.78 is 12.9. The number of fused-ring (bicyclic) bond motifs is 1. The number of aromatic nitrogens is 4. The molecule has 0 bridgehead atoms. The van der Waals surface area contributed by atoms with Gasteiger partial charge < -0.3 is 19.7 Å². The van der Waals surface area contributed by atoms with E-state index in [4.69, 9.17) is 37.7 Å². The lowest BCUT2D eigenvalue weighted by molar-refractivity contribution is 0.395. The number of hydrogen-bond donors (Lipinski definition) is 1. The van der Waals surface area contributed by atoms with Gasteiger partial charge in [-0.15, -0.1) is 0 Å². The molecule has 0 aliphatic heterocycles. The fourth-order valence-electron chi connectivity index (χ4n) is 3.99. The molecule has 4 rings (SSSR count). The van der Waals surface area contributed by atoms with E-state index in [-0.39, 0.29) is 0 Å². The van der Waals surface area contributed by atoms with Crippen LogP contribution in [0.1, 0.15) is 19.5 Å². The number of benzene rings is 2. The first-order valence-corrected chi connectivity index (χ1v) is 12.4. The monoisotopic (exact) mass is 528 g/mol. The molecule has 0 fully saturated rings. The third kappa shape index (κ3) is 5.07. The van der Waals surface area contributed by atoms with Crippen LogP contribution in [0.4, 0.5) is 11.4 Å². The van der Waals surface area contributed by atoms with E-state index in [9.17, 15) is 0 Å². The van der Waals surface area contributed by atoms with E-state index in [1.807, 2.05) is 41.8 Å². The number of nitrogens with one attached hydrogen (secondary N) is 1. The summed E-state index contributed by atoms with van der Waals surface area (Å²) in [5.41, 5.74) is 5.72. The van der Waals surface area contributed by atoms with Crippen LogP contribution in [-0.2, 0) is 7.05 Å². The summed E-state index contributed by atoms with van der Waals surface area (Å²) in [4.78, 5) is 11.6. The Balaban J connectivity index is 1.85. The molecule has 4 aromatic rings. The fraction of sp³-hybridized carbons (Fsp3) is 0.346. The molecular weight excluding hydrogens is 499 g/mol. The Morgan fingerprint density at radius 3 is 2.31 bits per heavy atom. The molecule has 0 spiro atoms. The molecule has 0 unspecified atom stereocenters. The van der Waals surface area contributed by atoms with E-state index < -0.39 is 0 Å². The summed E-state index contributed by atoms with van der Waals surface area (Å²) >= 11 is 13.6. The van der Waals surface area contributed by atoms with Gasteiger partial charge >= 0.3 is 0 Å². The zero-order valence-electron chi connectivity index (χ0n) is 21.3. The second kappa shape index (κ2) is 10.9. The predicted octanol–water partition coefficient (Wildman–Crippen LogP) is 5.80. The van der Waals surface area contributed by atoms with Gasteiger partial charge in [-0.05, 0) is 25.1 Å². The molecule has 190 valence electrons. The second-order valence-corrected chi connectivity index (χ2v) is 9.47. The maximum Gasteiger partial charge on any atom is 0.143 e. The van der Waals surface area contributed by atoms with Crippen LogP contribution in [-0.4, -0.2) is 53.1 Å². The Labute approximate surface area is 221 Å². The molecule has 8 nitrogen and oxygen atoms in total. The topological polar surface area (TPSA) is 77.3 Å². The van der Waals surface area contributed by atoms with Gasteiger partial charge in [0.25, 0.3) is 0 Å². The molecule has 0 amide bonds. The summed E-state index contributed by atoms with van der Waals surface area (Å²) in [5, 5.41) is 8.60. The maximum atomic E-state index is 6.81. The summed E-state index contributed by atoms with van der Waals surface area (Å²) in [5.74, 6) is 0.953. The minimum absolute atomic E-state index is 0.324. The molecule has 0 aliphatic carbocycles. The smallest absolute Gasteiger partial charge is 0.143 e. The lowest BCUT2D eigenvalue weighted by Gasteiger charge is -2.29. The second-order valence-electron chi connectivity index (χ2n) is 8.71. The molecule has 2 aromatic carbocycles. The average Bonchev–Trinajstić information content (AvgIpc) is 3.20. The third-order valence-corrected chi connectivity index (χ3v) is 6.79. The average molecular weight is 529 g/mol. The van der Waals surface area contributed by atoms with Crippen LogP contribution in [0.3, 0.4) is 0 Å². The summed E-state index contributed by atoms with van der Waals surface area (Å²) in [6.07, 6.45) is 3.58. The van der Waals surface area contributed by atoms with Crippen molar-refractivity contribution in [2.24, 2.45) is 7.05 Å². The minimum Gasteiger partial charge on any atom is -0.495 e. The summed E-state index contributed by atoms with van der Waals surface area (Å²) in [7, 11) is 5.04. The van der Waals surface area contributed by atoms with Gasteiger partial charge in [0.1, 0.15) is 21.5 Å². The van der Waals surface area contributed by atoms with Crippen molar-refractivity contribution in [3.8, 4) is 22.8 Å². The Bertz CT molecular complexity index is 1360. The van der Waals surface area contributed by atoms with Crippen LogP contribution in [0.5, 0.6) is 11.5 Å². The van der Waals surface area contributed by atoms with Gasteiger partial charge in [-0.25, -0.2) is 4.98 Å². The highest BCUT2D eigenvalue weighted by Crippen LogP contribution is 2.48. The first-order valence-electron chi connectivity index (χ1n) is 11.6. The van der Waals surface area contributed by atoms with Crippen LogP contribution < -0.4 is 19.7 Å². The number of hydrogen-bond acceptors (Lipinski definition) is 7. The molecule has 0 radical (unpaired) electrons. The molecule has 1 N–H and O–H groups in total. The van der Waals surface area contributed by atoms with Gasteiger partial charge in [0.05, 0.1) is 49.0 Å². The maximum absolute atomic E-state index is 6.81. The van der Waals surface area contributed by atoms with Crippen LogP contribution in [0.2, 0.25) is 10.0 Å². The zero-order chi connectivity index (χ0) is 26.0. The quantitative estimate of drug-likeness (QED) is 0.294. The third-order valence-electron chi connectivity index (χ3n) is 6.06. The van der Waals surface area contributed by atoms with Gasteiger partial charge in [-0.1, -0.05) is 37.0 Å². The SMILES string of the molecule is COc1cc(OC)c(Cl)c(N(CCNC(C)C)c2ccc3ncc(-c4cnn(C)c4C)nc3c2)c1Cl. The Kier molecular flexibility index (Phi) is 7.88. The van der Waals surface area contributed by atoms with Crippen molar-refractivity contribution in [2.75, 3.05) is 32.2 Å². The largest absolute Gasteiger partial charge is 0.495 e. The van der Waals surface area contributed by atoms with Crippen molar-refractivity contribution < 1.29 is 9.47 Å². The van der Waals surface area contributed by atoms with Crippen LogP contribution in [0, 0.1) is 6.92 Å². The number of ether oxygens (including phenoxy) is 2. The predicted molar refractivity (Wildman–Crippen MR) is 146 cm³/mol. The summed E-state index contributed by atoms with van der Waals surface area (Å²) in [6, 6.07) is 7.93. The molecule has 2 aromatic heterocycles. The van der Waals surface area contributed by atoms with Crippen LogP contribution in [0.25, 0.3) is 22.3 Å². The van der Waals surface area contributed by atoms with Gasteiger partial charge in [-0.2, -0.15) is 5.10 Å². The highest BCUT2D eigenvalue weighted by molar-refractivity contribution is 6.41. The Morgan fingerprint density at radius 1 is 1.03 bits per heavy atom. The Morgan fingerprint density at radius 2 is 1.72 bits per heavy atom. The van der Waals surface area contributed by atoms with Gasteiger partial charge in [0.15, 0.2) is 0 Å². The molecule has 0 saturated carbocycles. The highest BCUT2D eigenvalue weighted by atomic mass is 35.5. The van der Waals surface area contributed by atoms with E-state index in [0.29, 0.717) is 46.4 Å². The number of nitrogens with zero attached hydrogens (tertiary/aromatic N) is 5. The molecule has 10 heteroatoms. The van der Waals surface area contributed by atoms with Crippen molar-refractivity contribution in [3.63, 3.8) is 0 Å². The number of rotatable bonds is 9. The first kappa shape index (κ1) is 26.0. The number of aryl methyl sites for hydroxylation is 1. The van der Waals surface area contributed by atoms with Crippen molar-refractivity contribution in [2.45, 2.75) is 26.8 Å². The van der Waals surface area contributed by atoms with Gasteiger partial charge in [0, 0.05) is 49.2 Å². The number of halogens is 2. The molecule has 0 atom stereocenters. The van der Waals surface area contributed by atoms with Gasteiger partial charge in [-0.3, -0.25) is 9.67 Å². The zero-order valence-corrected chi connectivity index (χ0v) is 22.8. The Hall–Kier alpha value is -3.07. The lowest BCUT2D eigenvalue weighted by atomic mass is 10.1. The normalized spacial score (nSPS) is 11.4. The number of anilines is 2. The highest BCUT2D eigenvalue weighted by Gasteiger charge is 2.24. The standard InChI is InChI=1S/C26H30Cl2N6O2/c1-15(2)29-9-10-34(26-24(27)22(35-5)12-23(36-6)25(26)28)17-7-8-19-20(11-17)32-21(14-30-19)18-13-31-33(4)16(18)3/h7-8,11-15,29H,9-10H2,1-6H3. The molecule has 0 saturated heterocycles. The van der Waals surface area contributed by atoms with Crippen molar-refractivity contribution in [1.29, 1.82) is 0 Å². The molecule has 2 heterocycles.